The van der Waals surface area contributed by atoms with Crippen LogP contribution in [0.2, 0.25) is 5.02 Å². The van der Waals surface area contributed by atoms with Gasteiger partial charge < -0.3 is 5.32 Å². The third-order valence-corrected chi connectivity index (χ3v) is 2.21. The Balaban J connectivity index is 2.68. The number of nitrogens with one attached hydrogen (secondary N) is 2. The maximum Gasteiger partial charge on any atom is 0.326 e. The third kappa shape index (κ3) is 4.20. The largest absolute Gasteiger partial charge is 0.326 e. The molecule has 1 atom stereocenters. The first-order chi connectivity index (χ1) is 7.90. The van der Waals surface area contributed by atoms with E-state index in [4.69, 9.17) is 23.2 Å². The van der Waals surface area contributed by atoms with Gasteiger partial charge in [-0.1, -0.05) is 11.6 Å². The van der Waals surface area contributed by atoms with Crippen molar-refractivity contribution in [2.75, 3.05) is 5.32 Å². The Hall–Kier alpha value is -1.33. The smallest absolute Gasteiger partial charge is 0.305 e. The fraction of sp³-hybridized carbons (Fsp3) is 0.200. The number of rotatable bonds is 2. The SMILES string of the molecule is CC(Cl)C(=O)NC(=O)Nc1cc(Cl)ccc1F. The summed E-state index contributed by atoms with van der Waals surface area (Å²) in [5, 5.41) is 3.50. The summed E-state index contributed by atoms with van der Waals surface area (Å²) >= 11 is 11.1. The summed E-state index contributed by atoms with van der Waals surface area (Å²) in [5.74, 6) is -1.33. The quantitative estimate of drug-likeness (QED) is 0.818. The van der Waals surface area contributed by atoms with Gasteiger partial charge in [-0.05, 0) is 25.1 Å². The molecule has 0 fully saturated rings. The van der Waals surface area contributed by atoms with Crippen molar-refractivity contribution in [1.29, 1.82) is 0 Å². The van der Waals surface area contributed by atoms with Crippen LogP contribution in [0.15, 0.2) is 18.2 Å². The summed E-state index contributed by atoms with van der Waals surface area (Å²) in [6.07, 6.45) is 0. The van der Waals surface area contributed by atoms with Gasteiger partial charge in [-0.3, -0.25) is 10.1 Å². The van der Waals surface area contributed by atoms with Crippen LogP contribution in [-0.2, 0) is 4.79 Å². The number of carbonyl (C=O) groups is 2. The number of anilines is 1. The molecular weight excluding hydrogens is 270 g/mol. The zero-order chi connectivity index (χ0) is 13.0. The molecule has 0 spiro atoms. The van der Waals surface area contributed by atoms with E-state index in [9.17, 15) is 14.0 Å². The van der Waals surface area contributed by atoms with E-state index < -0.39 is 23.1 Å². The van der Waals surface area contributed by atoms with Crippen LogP contribution >= 0.6 is 23.2 Å². The molecule has 0 aliphatic rings. The average Bonchev–Trinajstić information content (AvgIpc) is 2.23. The fourth-order valence-electron chi connectivity index (χ4n) is 0.958. The molecule has 17 heavy (non-hydrogen) atoms. The van der Waals surface area contributed by atoms with Crippen molar-refractivity contribution >= 4 is 40.8 Å². The highest BCUT2D eigenvalue weighted by Gasteiger charge is 2.14. The molecule has 3 amide bonds. The normalized spacial score (nSPS) is 11.8. The number of urea groups is 1. The number of halogens is 3. The molecule has 0 aliphatic heterocycles. The van der Waals surface area contributed by atoms with Crippen LogP contribution in [-0.4, -0.2) is 17.3 Å². The molecule has 0 saturated carbocycles. The van der Waals surface area contributed by atoms with Crippen LogP contribution in [0, 0.1) is 5.82 Å². The lowest BCUT2D eigenvalue weighted by Crippen LogP contribution is -2.38. The summed E-state index contributed by atoms with van der Waals surface area (Å²) in [6, 6.07) is 2.80. The molecule has 0 bridgehead atoms. The fourth-order valence-corrected chi connectivity index (χ4v) is 1.18. The summed E-state index contributed by atoms with van der Waals surface area (Å²) in [7, 11) is 0. The van der Waals surface area contributed by atoms with E-state index in [1.54, 1.807) is 0 Å². The highest BCUT2D eigenvalue weighted by molar-refractivity contribution is 6.32. The van der Waals surface area contributed by atoms with Gasteiger partial charge in [-0.2, -0.15) is 0 Å². The van der Waals surface area contributed by atoms with Gasteiger partial charge >= 0.3 is 6.03 Å². The molecule has 7 heteroatoms. The maximum absolute atomic E-state index is 13.2. The molecule has 0 aromatic heterocycles. The monoisotopic (exact) mass is 278 g/mol. The van der Waals surface area contributed by atoms with Crippen LogP contribution in [0.25, 0.3) is 0 Å². The Morgan fingerprint density at radius 3 is 2.65 bits per heavy atom. The zero-order valence-electron chi connectivity index (χ0n) is 8.76. The van der Waals surface area contributed by atoms with Crippen LogP contribution in [0.3, 0.4) is 0 Å². The number of alkyl halides is 1. The lowest BCUT2D eigenvalue weighted by molar-refractivity contribution is -0.119. The van der Waals surface area contributed by atoms with Gasteiger partial charge in [-0.15, -0.1) is 11.6 Å². The van der Waals surface area contributed by atoms with Crippen molar-refractivity contribution in [3.05, 3.63) is 29.0 Å². The topological polar surface area (TPSA) is 58.2 Å². The molecule has 0 heterocycles. The van der Waals surface area contributed by atoms with Gasteiger partial charge in [0.25, 0.3) is 0 Å². The van der Waals surface area contributed by atoms with Gasteiger partial charge in [0.1, 0.15) is 11.2 Å². The van der Waals surface area contributed by atoms with E-state index in [0.717, 1.165) is 6.07 Å². The van der Waals surface area contributed by atoms with Crippen molar-refractivity contribution < 1.29 is 14.0 Å². The van der Waals surface area contributed by atoms with Gasteiger partial charge in [0.15, 0.2) is 0 Å². The summed E-state index contributed by atoms with van der Waals surface area (Å²) < 4.78 is 13.2. The van der Waals surface area contributed by atoms with Gasteiger partial charge in [-0.25, -0.2) is 9.18 Å². The van der Waals surface area contributed by atoms with Gasteiger partial charge in [0.2, 0.25) is 5.91 Å². The molecule has 1 unspecified atom stereocenters. The second-order valence-electron chi connectivity index (χ2n) is 3.18. The Labute approximate surface area is 107 Å². The van der Waals surface area contributed by atoms with E-state index in [2.05, 4.69) is 5.32 Å². The van der Waals surface area contributed by atoms with Crippen molar-refractivity contribution in [2.24, 2.45) is 0 Å². The Bertz CT molecular complexity index is 452. The molecule has 0 aliphatic carbocycles. The van der Waals surface area contributed by atoms with E-state index in [1.807, 2.05) is 5.32 Å². The van der Waals surface area contributed by atoms with Crippen LogP contribution in [0.1, 0.15) is 6.92 Å². The first kappa shape index (κ1) is 13.7. The van der Waals surface area contributed by atoms with Crippen molar-refractivity contribution in [3.63, 3.8) is 0 Å². The second-order valence-corrected chi connectivity index (χ2v) is 4.27. The first-order valence-corrected chi connectivity index (χ1v) is 5.42. The average molecular weight is 279 g/mol. The van der Waals surface area contributed by atoms with Crippen LogP contribution in [0.5, 0.6) is 0 Å². The second kappa shape index (κ2) is 5.84. The molecular formula is C10H9Cl2FN2O2. The number of imide groups is 1. The lowest BCUT2D eigenvalue weighted by atomic mass is 10.3. The molecule has 1 aromatic rings. The molecule has 1 aromatic carbocycles. The molecule has 0 radical (unpaired) electrons. The number of hydrogen-bond acceptors (Lipinski definition) is 2. The molecule has 2 N–H and O–H groups in total. The van der Waals surface area contributed by atoms with Crippen molar-refractivity contribution in [3.8, 4) is 0 Å². The van der Waals surface area contributed by atoms with E-state index >= 15 is 0 Å². The molecule has 0 saturated heterocycles. The molecule has 92 valence electrons. The third-order valence-electron chi connectivity index (χ3n) is 1.77. The lowest BCUT2D eigenvalue weighted by Gasteiger charge is -2.08. The molecule has 1 rings (SSSR count). The zero-order valence-corrected chi connectivity index (χ0v) is 10.3. The maximum atomic E-state index is 13.2. The van der Waals surface area contributed by atoms with E-state index in [-0.39, 0.29) is 10.7 Å². The number of hydrogen-bond donors (Lipinski definition) is 2. The Morgan fingerprint density at radius 1 is 1.41 bits per heavy atom. The van der Waals surface area contributed by atoms with Crippen LogP contribution in [0.4, 0.5) is 14.9 Å². The number of carbonyl (C=O) groups excluding carboxylic acids is 2. The Kier molecular flexibility index (Phi) is 4.72. The number of benzene rings is 1. The summed E-state index contributed by atoms with van der Waals surface area (Å²) in [5.41, 5.74) is -0.120. The van der Waals surface area contributed by atoms with Crippen LogP contribution < -0.4 is 10.6 Å². The predicted octanol–water partition coefficient (Wildman–Crippen LogP) is 2.75. The highest BCUT2D eigenvalue weighted by atomic mass is 35.5. The van der Waals surface area contributed by atoms with E-state index in [0.29, 0.717) is 0 Å². The minimum atomic E-state index is -0.872. The van der Waals surface area contributed by atoms with E-state index in [1.165, 1.54) is 19.1 Å². The summed E-state index contributed by atoms with van der Waals surface area (Å²) in [6.45, 7) is 1.41. The Morgan fingerprint density at radius 2 is 2.06 bits per heavy atom. The molecule has 4 nitrogen and oxygen atoms in total. The first-order valence-electron chi connectivity index (χ1n) is 4.61. The standard InChI is InChI=1S/C10H9Cl2FN2O2/c1-5(11)9(16)15-10(17)14-8-4-6(12)2-3-7(8)13/h2-5H,1H3,(H2,14,15,16,17). The highest BCUT2D eigenvalue weighted by Crippen LogP contribution is 2.19. The summed E-state index contributed by atoms with van der Waals surface area (Å²) in [4.78, 5) is 22.4. The minimum absolute atomic E-state index is 0.120. The van der Waals surface area contributed by atoms with Gasteiger partial charge in [0, 0.05) is 5.02 Å². The number of amides is 3. The van der Waals surface area contributed by atoms with Gasteiger partial charge in [0.05, 0.1) is 5.69 Å². The van der Waals surface area contributed by atoms with Crippen molar-refractivity contribution in [2.45, 2.75) is 12.3 Å². The van der Waals surface area contributed by atoms with Crippen molar-refractivity contribution in [1.82, 2.24) is 5.32 Å². The predicted molar refractivity (Wildman–Crippen MR) is 63.9 cm³/mol. The minimum Gasteiger partial charge on any atom is -0.305 e.